The Balaban J connectivity index is 2.17. The molecule has 1 heterocycles. The van der Waals surface area contributed by atoms with Crippen LogP contribution in [0.4, 0.5) is 11.4 Å². The number of rotatable bonds is 3. The summed E-state index contributed by atoms with van der Waals surface area (Å²) < 4.78 is 0.495. The molecule has 2 N–H and O–H groups in total. The number of hydrogen-bond acceptors (Lipinski definition) is 3. The number of anilines is 2. The summed E-state index contributed by atoms with van der Waals surface area (Å²) in [4.78, 5) is 27.2. The van der Waals surface area contributed by atoms with Crippen LogP contribution in [0.5, 0.6) is 0 Å². The Morgan fingerprint density at radius 1 is 1.19 bits per heavy atom. The first-order chi connectivity index (χ1) is 9.97. The molecule has 0 fully saturated rings. The lowest BCUT2D eigenvalue weighted by molar-refractivity contribution is -0.114. The first kappa shape index (κ1) is 15.2. The van der Waals surface area contributed by atoms with Crippen molar-refractivity contribution in [1.82, 2.24) is 4.98 Å². The average molecular weight is 348 g/mol. The van der Waals surface area contributed by atoms with Gasteiger partial charge in [0.25, 0.3) is 5.91 Å². The molecular weight excluding hydrogens is 334 g/mol. The molecule has 2 rings (SSSR count). The number of hydrogen-bond donors (Lipinski definition) is 2. The molecule has 21 heavy (non-hydrogen) atoms. The van der Waals surface area contributed by atoms with Gasteiger partial charge in [0, 0.05) is 24.5 Å². The Kier molecular flexibility index (Phi) is 4.70. The minimum Gasteiger partial charge on any atom is -0.326 e. The van der Waals surface area contributed by atoms with Gasteiger partial charge in [-0.3, -0.25) is 9.59 Å². The normalized spacial score (nSPS) is 10.0. The summed E-state index contributed by atoms with van der Waals surface area (Å²) in [6.07, 6.45) is 1.60. The Hall–Kier alpha value is -2.21. The van der Waals surface area contributed by atoms with Crippen molar-refractivity contribution in [3.8, 4) is 0 Å². The molecule has 0 atom stereocenters. The van der Waals surface area contributed by atoms with Gasteiger partial charge in [0.05, 0.1) is 5.56 Å². The molecule has 0 saturated heterocycles. The fourth-order valence-corrected chi connectivity index (χ4v) is 2.26. The molecule has 0 radical (unpaired) electrons. The predicted molar refractivity (Wildman–Crippen MR) is 85.4 cm³/mol. The highest BCUT2D eigenvalue weighted by atomic mass is 79.9. The molecule has 0 spiro atoms. The summed E-state index contributed by atoms with van der Waals surface area (Å²) in [5.41, 5.74) is 2.71. The van der Waals surface area contributed by atoms with Crippen LogP contribution in [0.25, 0.3) is 0 Å². The van der Waals surface area contributed by atoms with E-state index in [0.29, 0.717) is 15.9 Å². The number of nitrogens with zero attached hydrogens (tertiary/aromatic N) is 1. The minimum atomic E-state index is -0.248. The monoisotopic (exact) mass is 347 g/mol. The van der Waals surface area contributed by atoms with Crippen LogP contribution in [0.2, 0.25) is 0 Å². The smallest absolute Gasteiger partial charge is 0.258 e. The Labute approximate surface area is 130 Å². The van der Waals surface area contributed by atoms with Crippen LogP contribution in [0.3, 0.4) is 0 Å². The molecule has 0 aliphatic carbocycles. The van der Waals surface area contributed by atoms with E-state index in [9.17, 15) is 9.59 Å². The van der Waals surface area contributed by atoms with Crippen LogP contribution in [-0.2, 0) is 4.79 Å². The Morgan fingerprint density at radius 2 is 1.95 bits per heavy atom. The average Bonchev–Trinajstić information content (AvgIpc) is 2.42. The van der Waals surface area contributed by atoms with E-state index in [1.165, 1.54) is 6.92 Å². The molecule has 1 aromatic heterocycles. The zero-order chi connectivity index (χ0) is 15.4. The molecule has 0 bridgehead atoms. The van der Waals surface area contributed by atoms with Gasteiger partial charge in [-0.25, -0.2) is 4.98 Å². The third-order valence-corrected chi connectivity index (χ3v) is 3.43. The van der Waals surface area contributed by atoms with Crippen LogP contribution in [0.1, 0.15) is 22.8 Å². The van der Waals surface area contributed by atoms with Crippen molar-refractivity contribution in [2.75, 3.05) is 10.6 Å². The van der Waals surface area contributed by atoms with Crippen molar-refractivity contribution in [2.45, 2.75) is 13.8 Å². The summed E-state index contributed by atoms with van der Waals surface area (Å²) in [6, 6.07) is 8.67. The molecule has 1 aromatic carbocycles. The summed E-state index contributed by atoms with van der Waals surface area (Å²) in [5.74, 6) is -0.379. The van der Waals surface area contributed by atoms with Crippen LogP contribution in [0.15, 0.2) is 41.1 Å². The second kappa shape index (κ2) is 6.49. The van der Waals surface area contributed by atoms with Gasteiger partial charge < -0.3 is 10.6 Å². The molecule has 0 unspecified atom stereocenters. The molecule has 2 aromatic rings. The van der Waals surface area contributed by atoms with Crippen LogP contribution in [0, 0.1) is 6.92 Å². The lowest BCUT2D eigenvalue weighted by Crippen LogP contribution is -2.13. The van der Waals surface area contributed by atoms with Gasteiger partial charge in [-0.1, -0.05) is 0 Å². The number of halogens is 1. The van der Waals surface area contributed by atoms with E-state index in [2.05, 4.69) is 31.5 Å². The second-order valence-electron chi connectivity index (χ2n) is 4.51. The van der Waals surface area contributed by atoms with Gasteiger partial charge in [0.1, 0.15) is 4.60 Å². The molecule has 6 heteroatoms. The molecule has 5 nitrogen and oxygen atoms in total. The minimum absolute atomic E-state index is 0.130. The highest BCUT2D eigenvalue weighted by Gasteiger charge is 2.11. The van der Waals surface area contributed by atoms with Gasteiger partial charge in [0.15, 0.2) is 0 Å². The molecular formula is C15H14BrN3O2. The topological polar surface area (TPSA) is 71.1 Å². The SMILES string of the molecule is CC(=O)Nc1ccc(NC(=O)c2cccnc2Br)cc1C. The number of aryl methyl sites for hydroxylation is 1. The first-order valence-corrected chi connectivity index (χ1v) is 7.07. The maximum atomic E-state index is 12.2. The Morgan fingerprint density at radius 3 is 2.57 bits per heavy atom. The fraction of sp³-hybridized carbons (Fsp3) is 0.133. The van der Waals surface area contributed by atoms with E-state index in [-0.39, 0.29) is 11.8 Å². The molecule has 2 amide bonds. The largest absolute Gasteiger partial charge is 0.326 e. The lowest BCUT2D eigenvalue weighted by atomic mass is 10.1. The fourth-order valence-electron chi connectivity index (χ4n) is 1.83. The van der Waals surface area contributed by atoms with E-state index in [4.69, 9.17) is 0 Å². The van der Waals surface area contributed by atoms with E-state index >= 15 is 0 Å². The number of pyridine rings is 1. The highest BCUT2D eigenvalue weighted by molar-refractivity contribution is 9.10. The standard InChI is InChI=1S/C15H14BrN3O2/c1-9-8-11(5-6-13(9)18-10(2)20)19-15(21)12-4-3-7-17-14(12)16/h3-8H,1-2H3,(H,18,20)(H,19,21). The van der Waals surface area contributed by atoms with Crippen LogP contribution in [-0.4, -0.2) is 16.8 Å². The zero-order valence-corrected chi connectivity index (χ0v) is 13.2. The van der Waals surface area contributed by atoms with Crippen molar-refractivity contribution in [3.05, 3.63) is 52.3 Å². The summed E-state index contributed by atoms with van der Waals surface area (Å²) in [7, 11) is 0. The zero-order valence-electron chi connectivity index (χ0n) is 11.6. The van der Waals surface area contributed by atoms with Crippen molar-refractivity contribution in [1.29, 1.82) is 0 Å². The highest BCUT2D eigenvalue weighted by Crippen LogP contribution is 2.21. The number of benzene rings is 1. The number of aromatic nitrogens is 1. The number of carbonyl (C=O) groups is 2. The lowest BCUT2D eigenvalue weighted by Gasteiger charge is -2.10. The number of amides is 2. The van der Waals surface area contributed by atoms with Crippen molar-refractivity contribution in [2.24, 2.45) is 0 Å². The van der Waals surface area contributed by atoms with Crippen molar-refractivity contribution in [3.63, 3.8) is 0 Å². The van der Waals surface area contributed by atoms with Crippen LogP contribution >= 0.6 is 15.9 Å². The molecule has 0 aliphatic rings. The maximum absolute atomic E-state index is 12.2. The summed E-state index contributed by atoms with van der Waals surface area (Å²) in [6.45, 7) is 3.32. The summed E-state index contributed by atoms with van der Waals surface area (Å²) >= 11 is 3.24. The van der Waals surface area contributed by atoms with Crippen molar-refractivity contribution >= 4 is 39.1 Å². The van der Waals surface area contributed by atoms with E-state index < -0.39 is 0 Å². The first-order valence-electron chi connectivity index (χ1n) is 6.27. The van der Waals surface area contributed by atoms with Gasteiger partial charge in [-0.05, 0) is 58.7 Å². The van der Waals surface area contributed by atoms with Gasteiger partial charge in [-0.15, -0.1) is 0 Å². The van der Waals surface area contributed by atoms with Gasteiger partial charge in [0.2, 0.25) is 5.91 Å². The molecule has 0 saturated carbocycles. The third kappa shape index (κ3) is 3.88. The second-order valence-corrected chi connectivity index (χ2v) is 5.26. The quantitative estimate of drug-likeness (QED) is 0.836. The predicted octanol–water partition coefficient (Wildman–Crippen LogP) is 3.36. The van der Waals surface area contributed by atoms with E-state index in [1.807, 2.05) is 6.92 Å². The van der Waals surface area contributed by atoms with E-state index in [0.717, 1.165) is 11.3 Å². The summed E-state index contributed by atoms with van der Waals surface area (Å²) in [5, 5.41) is 5.52. The van der Waals surface area contributed by atoms with Gasteiger partial charge >= 0.3 is 0 Å². The van der Waals surface area contributed by atoms with Crippen LogP contribution < -0.4 is 10.6 Å². The molecule has 0 aliphatic heterocycles. The maximum Gasteiger partial charge on any atom is 0.258 e. The van der Waals surface area contributed by atoms with E-state index in [1.54, 1.807) is 36.5 Å². The molecule has 108 valence electrons. The number of nitrogens with one attached hydrogen (secondary N) is 2. The van der Waals surface area contributed by atoms with Crippen molar-refractivity contribution < 1.29 is 9.59 Å². The number of carbonyl (C=O) groups excluding carboxylic acids is 2. The Bertz CT molecular complexity index is 701. The third-order valence-electron chi connectivity index (χ3n) is 2.80. The van der Waals surface area contributed by atoms with Gasteiger partial charge in [-0.2, -0.15) is 0 Å².